The van der Waals surface area contributed by atoms with E-state index < -0.39 is 95.8 Å². The zero-order valence-corrected chi connectivity index (χ0v) is 31.2. The number of aliphatic hydroxyl groups excluding tert-OH is 3. The Kier molecular flexibility index (Phi) is 13.7. The minimum Gasteiger partial charge on any atom is -0.459 e. The van der Waals surface area contributed by atoms with E-state index in [-0.39, 0.29) is 36.7 Å². The highest BCUT2D eigenvalue weighted by atomic mass is 16.7. The summed E-state index contributed by atoms with van der Waals surface area (Å²) in [6.07, 6.45) is -6.93. The minimum absolute atomic E-state index is 0.0741. The van der Waals surface area contributed by atoms with Crippen molar-refractivity contribution in [2.24, 2.45) is 35.5 Å². The summed E-state index contributed by atoms with van der Waals surface area (Å²) < 4.78 is 25.2. The lowest BCUT2D eigenvalue weighted by molar-refractivity contribution is -0.300. The van der Waals surface area contributed by atoms with Gasteiger partial charge >= 0.3 is 5.97 Å². The van der Waals surface area contributed by atoms with Crippen molar-refractivity contribution < 1.29 is 54.1 Å². The van der Waals surface area contributed by atoms with Crippen LogP contribution in [0.25, 0.3) is 0 Å². The van der Waals surface area contributed by atoms with Crippen molar-refractivity contribution in [1.82, 2.24) is 4.90 Å². The number of cyclic esters (lactones) is 1. The number of hydrogen-bond donors (Lipinski definition) is 5. The molecule has 3 unspecified atom stereocenters. The Labute approximate surface area is 287 Å². The van der Waals surface area contributed by atoms with Crippen LogP contribution in [0, 0.1) is 35.5 Å². The number of likely N-dealkylation sites (N-methyl/N-ethyl adjacent to an activating group) is 1. The minimum atomic E-state index is -1.94. The van der Waals surface area contributed by atoms with Crippen molar-refractivity contribution in [1.29, 1.82) is 0 Å². The number of hydrogen-bond acceptors (Lipinski definition) is 12. The predicted octanol–water partition coefficient (Wildman–Crippen LogP) is 2.29. The highest BCUT2D eigenvalue weighted by Gasteiger charge is 2.53. The van der Waals surface area contributed by atoms with Crippen LogP contribution >= 0.6 is 0 Å². The fourth-order valence-electron chi connectivity index (χ4n) is 8.74. The fraction of sp³-hybridized carbons (Fsp3) is 0.944. The van der Waals surface area contributed by atoms with Crippen molar-refractivity contribution in [2.75, 3.05) is 14.1 Å². The van der Waals surface area contributed by atoms with Crippen molar-refractivity contribution in [3.8, 4) is 0 Å². The zero-order chi connectivity index (χ0) is 36.6. The van der Waals surface area contributed by atoms with Crippen LogP contribution < -0.4 is 0 Å². The Hall–Kier alpha value is -1.22. The van der Waals surface area contributed by atoms with E-state index in [2.05, 4.69) is 0 Å². The molecule has 0 aromatic heterocycles. The second-order valence-corrected chi connectivity index (χ2v) is 16.1. The molecule has 18 atom stereocenters. The van der Waals surface area contributed by atoms with Crippen LogP contribution in [0.5, 0.6) is 0 Å². The van der Waals surface area contributed by atoms with Crippen molar-refractivity contribution >= 4 is 11.8 Å². The summed E-state index contributed by atoms with van der Waals surface area (Å²) in [6.45, 7) is 17.0. The molecule has 3 aliphatic rings. The lowest BCUT2D eigenvalue weighted by atomic mass is 9.68. The monoisotopic (exact) mass is 687 g/mol. The molecule has 0 amide bonds. The zero-order valence-electron chi connectivity index (χ0n) is 31.2. The summed E-state index contributed by atoms with van der Waals surface area (Å²) in [5.74, 6) is -5.12. The second kappa shape index (κ2) is 16.0. The van der Waals surface area contributed by atoms with E-state index in [1.165, 1.54) is 13.8 Å². The molecule has 0 spiro atoms. The largest absolute Gasteiger partial charge is 0.459 e. The summed E-state index contributed by atoms with van der Waals surface area (Å²) in [5.41, 5.74) is -3.65. The maximum Gasteiger partial charge on any atom is 0.309 e. The standard InChI is InChI=1S/C36H65NO11/c1-13-26-36(10,44)31(41)22(7)28(38)18(3)16-35(9,43)32(48-34-30(40)24(37(11)12)15-19(4)45-34)20(5)27(21(6)33(42)47-26)25-14-17(2)29(39)23(8)46-25/h17-27,29-32,34,39-41,43-44H,13-16H2,1-12H3/t17?,18-,19-,20+,21-,22+,23?,24+,25?,26-,27+,29-,30-,31-,32-,34+,35-,36-/m1/s1. The number of carbonyl (C=O) groups excluding carboxylic acids is 2. The van der Waals surface area contributed by atoms with Gasteiger partial charge in [0.25, 0.3) is 0 Å². The van der Waals surface area contributed by atoms with Crippen molar-refractivity contribution in [2.45, 2.75) is 167 Å². The molecule has 0 aromatic carbocycles. The first kappa shape index (κ1) is 41.2. The highest BCUT2D eigenvalue weighted by molar-refractivity contribution is 5.83. The number of esters is 1. The topological polar surface area (TPSA) is 175 Å². The summed E-state index contributed by atoms with van der Waals surface area (Å²) in [7, 11) is 3.74. The molecule has 3 fully saturated rings. The van der Waals surface area contributed by atoms with Crippen molar-refractivity contribution in [3.05, 3.63) is 0 Å². The molecule has 0 bridgehead atoms. The van der Waals surface area contributed by atoms with E-state index in [0.717, 1.165) is 0 Å². The highest BCUT2D eigenvalue weighted by Crippen LogP contribution is 2.43. The first-order valence-electron chi connectivity index (χ1n) is 17.9. The normalized spacial score (nSPS) is 50.5. The summed E-state index contributed by atoms with van der Waals surface area (Å²) in [4.78, 5) is 29.8. The molecule has 12 nitrogen and oxygen atoms in total. The first-order chi connectivity index (χ1) is 22.1. The van der Waals surface area contributed by atoms with E-state index >= 15 is 0 Å². The number of rotatable bonds is 5. The van der Waals surface area contributed by atoms with Gasteiger partial charge in [0, 0.05) is 23.8 Å². The number of Topliss-reactive ketones (excluding diaryl/α,β-unsaturated/α-hetero) is 1. The van der Waals surface area contributed by atoms with E-state index in [1.54, 1.807) is 34.6 Å². The van der Waals surface area contributed by atoms with Crippen molar-refractivity contribution in [3.63, 3.8) is 0 Å². The average Bonchev–Trinajstić information content (AvgIpc) is 2.99. The number of ketones is 1. The van der Waals surface area contributed by atoms with Gasteiger partial charge in [0.1, 0.15) is 23.6 Å². The number of aliphatic hydroxyl groups is 5. The quantitative estimate of drug-likeness (QED) is 0.267. The SMILES string of the molecule is CC[C@H]1OC(=O)[C@H](C)[C@@H](C2CC(C)[C@@H](O)C(C)O2)[C@H](C)[C@@H](O[C@@H]2O[C@H](C)C[C@H](N(C)C)[C@H]2O)[C@](C)(O)C[C@@H](C)C(=O)[C@H](C)[C@@H](O)[C@]1(C)O. The molecule has 3 aliphatic heterocycles. The number of ether oxygens (including phenoxy) is 4. The van der Waals surface area contributed by atoms with Crippen LogP contribution in [0.3, 0.4) is 0 Å². The maximum atomic E-state index is 14.1. The molecule has 0 aliphatic carbocycles. The molecular weight excluding hydrogens is 622 g/mol. The molecular formula is C36H65NO11. The van der Waals surface area contributed by atoms with E-state index in [4.69, 9.17) is 18.9 Å². The Bertz CT molecular complexity index is 1070. The molecule has 3 rings (SSSR count). The summed E-state index contributed by atoms with van der Waals surface area (Å²) >= 11 is 0. The molecule has 12 heteroatoms. The third-order valence-corrected chi connectivity index (χ3v) is 11.7. The fourth-order valence-corrected chi connectivity index (χ4v) is 8.74. The van der Waals surface area contributed by atoms with Gasteiger partial charge in [-0.3, -0.25) is 9.59 Å². The Morgan fingerprint density at radius 1 is 0.896 bits per heavy atom. The van der Waals surface area contributed by atoms with Gasteiger partial charge in [0.15, 0.2) is 6.29 Å². The van der Waals surface area contributed by atoms with E-state index in [1.807, 2.05) is 39.8 Å². The molecule has 48 heavy (non-hydrogen) atoms. The number of carbonyl (C=O) groups is 2. The third kappa shape index (κ3) is 8.62. The van der Waals surface area contributed by atoms with Gasteiger partial charge in [-0.1, -0.05) is 41.5 Å². The Morgan fingerprint density at radius 2 is 1.50 bits per heavy atom. The second-order valence-electron chi connectivity index (χ2n) is 16.1. The Balaban J connectivity index is 2.20. The van der Waals surface area contributed by atoms with Crippen LogP contribution in [0.2, 0.25) is 0 Å². The molecule has 280 valence electrons. The molecule has 0 radical (unpaired) electrons. The van der Waals surface area contributed by atoms with Crippen LogP contribution in [-0.2, 0) is 28.5 Å². The van der Waals surface area contributed by atoms with Gasteiger partial charge in [-0.25, -0.2) is 0 Å². The van der Waals surface area contributed by atoms with Crippen LogP contribution in [0.4, 0.5) is 0 Å². The summed E-state index contributed by atoms with van der Waals surface area (Å²) in [5, 5.41) is 57.4. The van der Waals surface area contributed by atoms with Gasteiger partial charge in [0.05, 0.1) is 48.1 Å². The molecule has 3 heterocycles. The smallest absolute Gasteiger partial charge is 0.309 e. The molecule has 5 N–H and O–H groups in total. The summed E-state index contributed by atoms with van der Waals surface area (Å²) in [6, 6.07) is -0.284. The number of nitrogens with zero attached hydrogens (tertiary/aromatic N) is 1. The predicted molar refractivity (Wildman–Crippen MR) is 179 cm³/mol. The van der Waals surface area contributed by atoms with Gasteiger partial charge < -0.3 is 49.4 Å². The van der Waals surface area contributed by atoms with Crippen LogP contribution in [0.1, 0.15) is 94.9 Å². The van der Waals surface area contributed by atoms with Crippen LogP contribution in [0.15, 0.2) is 0 Å². The van der Waals surface area contributed by atoms with Gasteiger partial charge in [-0.2, -0.15) is 0 Å². The first-order valence-corrected chi connectivity index (χ1v) is 17.9. The molecule has 3 saturated heterocycles. The van der Waals surface area contributed by atoms with Gasteiger partial charge in [-0.15, -0.1) is 0 Å². The average molecular weight is 688 g/mol. The van der Waals surface area contributed by atoms with E-state index in [0.29, 0.717) is 12.8 Å². The molecule has 0 saturated carbocycles. The maximum absolute atomic E-state index is 14.1. The lowest BCUT2D eigenvalue weighted by Gasteiger charge is -2.50. The van der Waals surface area contributed by atoms with Gasteiger partial charge in [-0.05, 0) is 79.3 Å². The molecule has 0 aromatic rings. The Morgan fingerprint density at radius 3 is 2.04 bits per heavy atom. The van der Waals surface area contributed by atoms with E-state index in [9.17, 15) is 35.1 Å². The lowest BCUT2D eigenvalue weighted by Crippen LogP contribution is -2.60. The van der Waals surface area contributed by atoms with Gasteiger partial charge in [0.2, 0.25) is 0 Å². The third-order valence-electron chi connectivity index (χ3n) is 11.7. The van der Waals surface area contributed by atoms with Crippen LogP contribution in [-0.4, -0.2) is 129 Å².